The molecule has 23 heavy (non-hydrogen) atoms. The minimum absolute atomic E-state index is 0. The predicted molar refractivity (Wildman–Crippen MR) is 79.0 cm³/mol. The topological polar surface area (TPSA) is 153 Å². The van der Waals surface area contributed by atoms with E-state index in [2.05, 4.69) is 0 Å². The Kier molecular flexibility index (Phi) is 4.48. The van der Waals surface area contributed by atoms with E-state index < -0.39 is 10.4 Å². The largest absolute Gasteiger partial charge is 0.394 e. The summed E-state index contributed by atoms with van der Waals surface area (Å²) in [5.74, 6) is 0.0485. The van der Waals surface area contributed by atoms with Gasteiger partial charge in [-0.05, 0) is 0 Å². The molecule has 0 unspecified atom stereocenters. The fourth-order valence-electron chi connectivity index (χ4n) is 2.28. The molecule has 3 aliphatic heterocycles. The van der Waals surface area contributed by atoms with Crippen LogP contribution in [0.5, 0.6) is 0 Å². The zero-order valence-electron chi connectivity index (χ0n) is 12.3. The number of hydrogen-bond donors (Lipinski definition) is 3. The molecule has 5 N–H and O–H groups in total. The van der Waals surface area contributed by atoms with Gasteiger partial charge in [0.25, 0.3) is 0 Å². The highest BCUT2D eigenvalue weighted by molar-refractivity contribution is 7.79. The maximum Gasteiger partial charge on any atom is 0.394 e. The monoisotopic (exact) mass is 346 g/mol. The molecule has 0 spiro atoms. The SMILES string of the molecule is N.O=C1C=C(N2CC2)C(=O)C(N2CC2)=C1N1CC1.O=S(=O)(O)O. The predicted octanol–water partition coefficient (Wildman–Crippen LogP) is -1.31. The fourth-order valence-corrected chi connectivity index (χ4v) is 2.28. The molecular weight excluding hydrogens is 328 g/mol. The van der Waals surface area contributed by atoms with Crippen LogP contribution in [-0.4, -0.2) is 83.1 Å². The van der Waals surface area contributed by atoms with Gasteiger partial charge >= 0.3 is 10.4 Å². The molecule has 3 fully saturated rings. The zero-order chi connectivity index (χ0) is 16.1. The number of nitrogens with zero attached hydrogens (tertiary/aromatic N) is 3. The van der Waals surface area contributed by atoms with Crippen LogP contribution in [0.4, 0.5) is 0 Å². The second-order valence-corrected chi connectivity index (χ2v) is 6.22. The van der Waals surface area contributed by atoms with Crippen molar-refractivity contribution in [1.29, 1.82) is 0 Å². The molecule has 128 valence electrons. The highest BCUT2D eigenvalue weighted by Crippen LogP contribution is 2.33. The Labute approximate surface area is 133 Å². The second-order valence-electron chi connectivity index (χ2n) is 5.33. The van der Waals surface area contributed by atoms with E-state index in [1.165, 1.54) is 6.08 Å². The van der Waals surface area contributed by atoms with Crippen LogP contribution in [0.1, 0.15) is 0 Å². The lowest BCUT2D eigenvalue weighted by Gasteiger charge is -2.21. The Morgan fingerprint density at radius 2 is 1.22 bits per heavy atom. The van der Waals surface area contributed by atoms with Crippen molar-refractivity contribution >= 4 is 22.0 Å². The maximum atomic E-state index is 12.4. The summed E-state index contributed by atoms with van der Waals surface area (Å²) < 4.78 is 31.6. The number of carbonyl (C=O) groups excluding carboxylic acids is 2. The standard InChI is InChI=1S/C12H13N3O2.H3N.H2O4S/c16-9-7-8(13-1-2-13)12(17)11(15-5-6-15)10(9)14-3-4-14;;1-5(2,3)4/h7H,1-6H2;1H3;(H2,1,2,3,4). The molecule has 11 heteroatoms. The van der Waals surface area contributed by atoms with Crippen LogP contribution in [0.15, 0.2) is 23.2 Å². The minimum atomic E-state index is -4.67. The number of Topliss-reactive ketones (excluding diaryl/α,β-unsaturated/α-hetero) is 1. The lowest BCUT2D eigenvalue weighted by Crippen LogP contribution is -2.29. The second kappa shape index (κ2) is 5.92. The van der Waals surface area contributed by atoms with E-state index in [9.17, 15) is 9.59 Å². The Hall–Kier alpha value is -1.95. The van der Waals surface area contributed by atoms with Crippen LogP contribution in [0.2, 0.25) is 0 Å². The van der Waals surface area contributed by atoms with Crippen LogP contribution >= 0.6 is 0 Å². The van der Waals surface area contributed by atoms with Crippen molar-refractivity contribution in [2.45, 2.75) is 0 Å². The van der Waals surface area contributed by atoms with E-state index in [1.807, 2.05) is 14.7 Å². The van der Waals surface area contributed by atoms with Crippen LogP contribution in [-0.2, 0) is 20.0 Å². The average molecular weight is 346 g/mol. The van der Waals surface area contributed by atoms with Crippen LogP contribution < -0.4 is 6.15 Å². The molecule has 0 atom stereocenters. The van der Waals surface area contributed by atoms with Gasteiger partial charge in [0, 0.05) is 45.3 Å². The van der Waals surface area contributed by atoms with Gasteiger partial charge in [-0.1, -0.05) is 0 Å². The molecule has 0 aromatic carbocycles. The molecule has 0 saturated carbocycles. The van der Waals surface area contributed by atoms with Crippen molar-refractivity contribution in [2.75, 3.05) is 39.3 Å². The average Bonchev–Trinajstić information content (AvgIpc) is 3.24. The van der Waals surface area contributed by atoms with Crippen molar-refractivity contribution in [3.63, 3.8) is 0 Å². The molecule has 0 amide bonds. The van der Waals surface area contributed by atoms with E-state index in [-0.39, 0.29) is 17.7 Å². The van der Waals surface area contributed by atoms with Gasteiger partial charge in [-0.25, -0.2) is 0 Å². The van der Waals surface area contributed by atoms with Gasteiger partial charge in [0.15, 0.2) is 0 Å². The summed E-state index contributed by atoms with van der Waals surface area (Å²) in [6.45, 7) is 5.41. The van der Waals surface area contributed by atoms with Crippen molar-refractivity contribution in [3.05, 3.63) is 23.2 Å². The first-order chi connectivity index (χ1) is 10.3. The smallest absolute Gasteiger partial charge is 0.365 e. The number of ketones is 2. The molecule has 0 bridgehead atoms. The Balaban J connectivity index is 0.000000284. The molecule has 3 saturated heterocycles. The van der Waals surface area contributed by atoms with E-state index in [1.54, 1.807) is 0 Å². The molecule has 4 rings (SSSR count). The summed E-state index contributed by atoms with van der Waals surface area (Å²) in [4.78, 5) is 30.5. The fraction of sp³-hybridized carbons (Fsp3) is 0.500. The zero-order valence-corrected chi connectivity index (χ0v) is 13.1. The first-order valence-corrected chi connectivity index (χ1v) is 8.15. The van der Waals surface area contributed by atoms with Gasteiger partial charge in [-0.15, -0.1) is 0 Å². The summed E-state index contributed by atoms with van der Waals surface area (Å²) in [6, 6.07) is 0. The third kappa shape index (κ3) is 4.28. The number of hydrogen-bond acceptors (Lipinski definition) is 8. The number of rotatable bonds is 3. The van der Waals surface area contributed by atoms with Crippen LogP contribution in [0.3, 0.4) is 0 Å². The summed E-state index contributed by atoms with van der Waals surface area (Å²) in [5, 5.41) is 0. The normalized spacial score (nSPS) is 22.2. The van der Waals surface area contributed by atoms with Gasteiger partial charge in [0.1, 0.15) is 11.4 Å². The van der Waals surface area contributed by atoms with E-state index in [0.717, 1.165) is 39.3 Å². The van der Waals surface area contributed by atoms with Crippen molar-refractivity contribution in [1.82, 2.24) is 20.9 Å². The van der Waals surface area contributed by atoms with Gasteiger partial charge in [0.2, 0.25) is 11.6 Å². The molecule has 10 nitrogen and oxygen atoms in total. The van der Waals surface area contributed by atoms with Gasteiger partial charge < -0.3 is 20.9 Å². The van der Waals surface area contributed by atoms with Crippen molar-refractivity contribution in [3.8, 4) is 0 Å². The van der Waals surface area contributed by atoms with Gasteiger partial charge in [-0.2, -0.15) is 8.42 Å². The number of carbonyl (C=O) groups is 2. The minimum Gasteiger partial charge on any atom is -0.365 e. The summed E-state index contributed by atoms with van der Waals surface area (Å²) in [5.41, 5.74) is 1.89. The summed E-state index contributed by atoms with van der Waals surface area (Å²) >= 11 is 0. The molecule has 0 aromatic heterocycles. The van der Waals surface area contributed by atoms with E-state index >= 15 is 0 Å². The highest BCUT2D eigenvalue weighted by Gasteiger charge is 2.43. The van der Waals surface area contributed by atoms with E-state index in [4.69, 9.17) is 17.5 Å². The Morgan fingerprint density at radius 3 is 1.61 bits per heavy atom. The van der Waals surface area contributed by atoms with Crippen molar-refractivity contribution in [2.24, 2.45) is 0 Å². The molecule has 0 radical (unpaired) electrons. The van der Waals surface area contributed by atoms with Crippen LogP contribution in [0, 0.1) is 0 Å². The highest BCUT2D eigenvalue weighted by atomic mass is 32.3. The molecule has 1 aliphatic carbocycles. The quantitative estimate of drug-likeness (QED) is 0.319. The Bertz CT molecular complexity index is 693. The maximum absolute atomic E-state index is 12.4. The van der Waals surface area contributed by atoms with Gasteiger partial charge in [-0.3, -0.25) is 18.7 Å². The van der Waals surface area contributed by atoms with Crippen LogP contribution in [0.25, 0.3) is 0 Å². The molecule has 4 aliphatic rings. The molecular formula is C12H18N4O6S. The third-order valence-electron chi connectivity index (χ3n) is 3.49. The third-order valence-corrected chi connectivity index (χ3v) is 3.49. The summed E-state index contributed by atoms with van der Waals surface area (Å²) in [7, 11) is -4.67. The van der Waals surface area contributed by atoms with E-state index in [0.29, 0.717) is 17.1 Å². The lowest BCUT2D eigenvalue weighted by molar-refractivity contribution is -0.117. The molecule has 0 aromatic rings. The first-order valence-electron chi connectivity index (χ1n) is 6.75. The van der Waals surface area contributed by atoms with Gasteiger partial charge in [0.05, 0.1) is 5.70 Å². The van der Waals surface area contributed by atoms with Crippen molar-refractivity contribution < 1.29 is 27.1 Å². The summed E-state index contributed by atoms with van der Waals surface area (Å²) in [6.07, 6.45) is 1.52. The molecule has 3 heterocycles. The lowest BCUT2D eigenvalue weighted by atomic mass is 10.0. The number of allylic oxidation sites excluding steroid dienone is 1. The Morgan fingerprint density at radius 1 is 0.826 bits per heavy atom. The first kappa shape index (κ1) is 17.4.